The number of ketones is 2. The number of carbonyl (C=O) groups excluding carboxylic acids is 2. The minimum atomic E-state index is -0.178. The summed E-state index contributed by atoms with van der Waals surface area (Å²) in [6.45, 7) is 5.24. The molecule has 2 atom stereocenters. The van der Waals surface area contributed by atoms with Crippen molar-refractivity contribution in [1.29, 1.82) is 0 Å². The van der Waals surface area contributed by atoms with Crippen LogP contribution in [0.15, 0.2) is 41.6 Å². The molecule has 0 radical (unpaired) electrons. The highest BCUT2D eigenvalue weighted by molar-refractivity contribution is 6.24. The first kappa shape index (κ1) is 14.7. The lowest BCUT2D eigenvalue weighted by atomic mass is 9.69. The Labute approximate surface area is 137 Å². The topological polar surface area (TPSA) is 37.4 Å². The molecule has 3 heteroatoms. The van der Waals surface area contributed by atoms with Crippen LogP contribution in [0.4, 0.5) is 0 Å². The quantitative estimate of drug-likeness (QED) is 0.746. The normalized spacial score (nSPS) is 29.6. The molecule has 1 saturated heterocycles. The highest BCUT2D eigenvalue weighted by atomic mass is 16.2. The van der Waals surface area contributed by atoms with Gasteiger partial charge >= 0.3 is 0 Å². The third-order valence-electron chi connectivity index (χ3n) is 5.57. The second-order valence-corrected chi connectivity index (χ2v) is 7.92. The Balaban J connectivity index is 1.84. The van der Waals surface area contributed by atoms with Crippen molar-refractivity contribution < 1.29 is 9.59 Å². The minimum absolute atomic E-state index is 0.0388. The molecule has 2 aliphatic heterocycles. The van der Waals surface area contributed by atoms with Gasteiger partial charge in [0.1, 0.15) is 0 Å². The average molecular weight is 309 g/mol. The van der Waals surface area contributed by atoms with Crippen LogP contribution in [-0.4, -0.2) is 29.1 Å². The number of fused-ring (bicyclic) bond motifs is 2. The van der Waals surface area contributed by atoms with E-state index in [0.717, 1.165) is 37.1 Å². The first-order valence-electron chi connectivity index (χ1n) is 8.60. The van der Waals surface area contributed by atoms with Gasteiger partial charge in [0.05, 0.1) is 11.5 Å². The van der Waals surface area contributed by atoms with Crippen LogP contribution in [0.1, 0.15) is 51.0 Å². The summed E-state index contributed by atoms with van der Waals surface area (Å²) < 4.78 is 0. The summed E-state index contributed by atoms with van der Waals surface area (Å²) in [5.41, 5.74) is 2.56. The minimum Gasteiger partial charge on any atom is -0.370 e. The third-order valence-corrected chi connectivity index (χ3v) is 5.57. The maximum atomic E-state index is 13.2. The van der Waals surface area contributed by atoms with Gasteiger partial charge in [-0.1, -0.05) is 44.2 Å². The predicted molar refractivity (Wildman–Crippen MR) is 89.0 cm³/mol. The molecule has 120 valence electrons. The zero-order chi connectivity index (χ0) is 16.2. The molecule has 4 rings (SSSR count). The number of hydrogen-bond acceptors (Lipinski definition) is 3. The summed E-state index contributed by atoms with van der Waals surface area (Å²) in [5, 5.41) is 0. The second kappa shape index (κ2) is 5.05. The van der Waals surface area contributed by atoms with Gasteiger partial charge in [-0.15, -0.1) is 0 Å². The molecule has 0 bridgehead atoms. The largest absolute Gasteiger partial charge is 0.370 e. The van der Waals surface area contributed by atoms with Crippen LogP contribution < -0.4 is 0 Å². The summed E-state index contributed by atoms with van der Waals surface area (Å²) >= 11 is 0. The average Bonchev–Trinajstić information content (AvgIpc) is 2.96. The molecule has 0 amide bonds. The number of benzene rings is 1. The van der Waals surface area contributed by atoms with Gasteiger partial charge in [0, 0.05) is 24.7 Å². The van der Waals surface area contributed by atoms with Crippen molar-refractivity contribution in [3.8, 4) is 0 Å². The molecule has 1 aromatic rings. The van der Waals surface area contributed by atoms with Crippen LogP contribution in [0.3, 0.4) is 0 Å². The molecule has 1 aliphatic carbocycles. The zero-order valence-corrected chi connectivity index (χ0v) is 13.8. The lowest BCUT2D eigenvalue weighted by Gasteiger charge is -2.45. The van der Waals surface area contributed by atoms with Crippen LogP contribution in [0, 0.1) is 5.41 Å². The number of carbonyl (C=O) groups is 2. The van der Waals surface area contributed by atoms with Crippen LogP contribution in [0.5, 0.6) is 0 Å². The first-order chi connectivity index (χ1) is 11.0. The molecule has 0 spiro atoms. The molecule has 3 aliphatic rings. The molecule has 0 N–H and O–H groups in total. The summed E-state index contributed by atoms with van der Waals surface area (Å²) in [4.78, 5) is 28.3. The molecule has 0 saturated carbocycles. The summed E-state index contributed by atoms with van der Waals surface area (Å²) in [7, 11) is 0. The lowest BCUT2D eigenvalue weighted by molar-refractivity contribution is -0.126. The first-order valence-corrected chi connectivity index (χ1v) is 8.60. The van der Waals surface area contributed by atoms with Crippen LogP contribution in [-0.2, 0) is 9.59 Å². The van der Waals surface area contributed by atoms with Gasteiger partial charge < -0.3 is 4.90 Å². The van der Waals surface area contributed by atoms with Gasteiger partial charge in [-0.3, -0.25) is 9.59 Å². The number of nitrogens with zero attached hydrogens (tertiary/aromatic N) is 1. The van der Waals surface area contributed by atoms with Crippen LogP contribution in [0.2, 0.25) is 0 Å². The standard InChI is InChI=1S/C20H23NO2/c1-20(2)11-15-18(16(22)12-20)19(23)17(13-7-4-3-5-8-13)14-9-6-10-21(14)15/h3-5,7-8,14,17H,6,9-12H2,1-2H3/t14-,17+/m1/s1. The Morgan fingerprint density at radius 1 is 1.09 bits per heavy atom. The molecule has 0 aromatic heterocycles. The molecule has 3 nitrogen and oxygen atoms in total. The van der Waals surface area contributed by atoms with Gasteiger partial charge in [-0.05, 0) is 30.2 Å². The van der Waals surface area contributed by atoms with Crippen LogP contribution >= 0.6 is 0 Å². The van der Waals surface area contributed by atoms with Crippen molar-refractivity contribution in [2.24, 2.45) is 5.41 Å². The fourth-order valence-electron chi connectivity index (χ4n) is 4.65. The monoisotopic (exact) mass is 309 g/mol. The van der Waals surface area contributed by atoms with E-state index in [1.165, 1.54) is 0 Å². The number of rotatable bonds is 1. The Bertz CT molecular complexity index is 702. The van der Waals surface area contributed by atoms with E-state index >= 15 is 0 Å². The fraction of sp³-hybridized carbons (Fsp3) is 0.500. The van der Waals surface area contributed by atoms with E-state index in [1.54, 1.807) is 0 Å². The van der Waals surface area contributed by atoms with Crippen molar-refractivity contribution >= 4 is 11.6 Å². The van der Waals surface area contributed by atoms with E-state index in [4.69, 9.17) is 0 Å². The van der Waals surface area contributed by atoms with Gasteiger partial charge in [-0.25, -0.2) is 0 Å². The van der Waals surface area contributed by atoms with Gasteiger partial charge in [0.2, 0.25) is 0 Å². The number of Topliss-reactive ketones (excluding diaryl/α,β-unsaturated/α-hetero) is 2. The van der Waals surface area contributed by atoms with E-state index < -0.39 is 0 Å². The molecule has 0 unspecified atom stereocenters. The third kappa shape index (κ3) is 2.25. The predicted octanol–water partition coefficient (Wildman–Crippen LogP) is 3.46. The molecule has 1 aromatic carbocycles. The van der Waals surface area contributed by atoms with E-state index in [-0.39, 0.29) is 28.9 Å². The molecular formula is C20H23NO2. The van der Waals surface area contributed by atoms with Crippen molar-refractivity contribution in [1.82, 2.24) is 4.90 Å². The summed E-state index contributed by atoms with van der Waals surface area (Å²) in [6.07, 6.45) is 3.47. The smallest absolute Gasteiger partial charge is 0.177 e. The number of hydrogen-bond donors (Lipinski definition) is 0. The molecule has 23 heavy (non-hydrogen) atoms. The fourth-order valence-corrected chi connectivity index (χ4v) is 4.65. The van der Waals surface area contributed by atoms with Crippen molar-refractivity contribution in [2.45, 2.75) is 51.5 Å². The SMILES string of the molecule is CC1(C)CC(=O)C2=C(C1)N1CCC[C@@H]1[C@H](c1ccccc1)C2=O. The van der Waals surface area contributed by atoms with E-state index in [9.17, 15) is 9.59 Å². The van der Waals surface area contributed by atoms with Crippen molar-refractivity contribution in [2.75, 3.05) is 6.54 Å². The molecular weight excluding hydrogens is 286 g/mol. The Morgan fingerprint density at radius 3 is 2.57 bits per heavy atom. The maximum absolute atomic E-state index is 13.2. The Kier molecular flexibility index (Phi) is 3.22. The highest BCUT2D eigenvalue weighted by Crippen LogP contribution is 2.48. The Hall–Kier alpha value is -1.90. The van der Waals surface area contributed by atoms with Crippen molar-refractivity contribution in [3.63, 3.8) is 0 Å². The Morgan fingerprint density at radius 2 is 1.83 bits per heavy atom. The number of allylic oxidation sites excluding steroid dienone is 2. The van der Waals surface area contributed by atoms with E-state index in [0.29, 0.717) is 12.0 Å². The second-order valence-electron chi connectivity index (χ2n) is 7.92. The van der Waals surface area contributed by atoms with Crippen LogP contribution in [0.25, 0.3) is 0 Å². The van der Waals surface area contributed by atoms with E-state index in [2.05, 4.69) is 18.7 Å². The summed E-state index contributed by atoms with van der Waals surface area (Å²) in [5.74, 6) is -0.0648. The van der Waals surface area contributed by atoms with E-state index in [1.807, 2.05) is 30.3 Å². The van der Waals surface area contributed by atoms with Crippen molar-refractivity contribution in [3.05, 3.63) is 47.2 Å². The highest BCUT2D eigenvalue weighted by Gasteiger charge is 2.49. The molecule has 2 heterocycles. The van der Waals surface area contributed by atoms with Gasteiger partial charge in [0.15, 0.2) is 11.6 Å². The zero-order valence-electron chi connectivity index (χ0n) is 13.8. The molecule has 1 fully saturated rings. The van der Waals surface area contributed by atoms with Gasteiger partial charge in [0.25, 0.3) is 0 Å². The summed E-state index contributed by atoms with van der Waals surface area (Å²) in [6, 6.07) is 10.2. The lowest BCUT2D eigenvalue weighted by Crippen LogP contribution is -2.48. The maximum Gasteiger partial charge on any atom is 0.177 e. The van der Waals surface area contributed by atoms with Gasteiger partial charge in [-0.2, -0.15) is 0 Å².